The molecule has 90 valence electrons. The van der Waals surface area contributed by atoms with Crippen molar-refractivity contribution in [3.63, 3.8) is 0 Å². The van der Waals surface area contributed by atoms with Gasteiger partial charge in [0.15, 0.2) is 0 Å². The predicted octanol–water partition coefficient (Wildman–Crippen LogP) is 1.08. The van der Waals surface area contributed by atoms with Crippen molar-refractivity contribution in [1.29, 1.82) is 0 Å². The van der Waals surface area contributed by atoms with E-state index in [2.05, 4.69) is 0 Å². The summed E-state index contributed by atoms with van der Waals surface area (Å²) in [6, 6.07) is 6.31. The number of rotatable bonds is 3. The van der Waals surface area contributed by atoms with Gasteiger partial charge in [-0.05, 0) is 18.6 Å². The summed E-state index contributed by atoms with van der Waals surface area (Å²) < 4.78 is 0. The van der Waals surface area contributed by atoms with Crippen molar-refractivity contribution in [2.24, 2.45) is 11.8 Å². The van der Waals surface area contributed by atoms with Crippen LogP contribution in [0.15, 0.2) is 24.3 Å². The van der Waals surface area contributed by atoms with E-state index in [0.29, 0.717) is 12.1 Å². The summed E-state index contributed by atoms with van der Waals surface area (Å²) in [6.07, 6.45) is 0.400. The highest BCUT2D eigenvalue weighted by Crippen LogP contribution is 2.40. The first-order valence-electron chi connectivity index (χ1n) is 5.30. The smallest absolute Gasteiger partial charge is 0.307 e. The van der Waals surface area contributed by atoms with Crippen LogP contribution in [0.25, 0.3) is 0 Å². The zero-order valence-electron chi connectivity index (χ0n) is 9.33. The van der Waals surface area contributed by atoms with Crippen LogP contribution in [0.4, 0.5) is 5.69 Å². The molecule has 0 unspecified atom stereocenters. The Hall–Kier alpha value is -2.04. The van der Waals surface area contributed by atoms with Crippen LogP contribution in [0, 0.1) is 11.8 Å². The van der Waals surface area contributed by atoms with Crippen LogP contribution >= 0.6 is 0 Å². The largest absolute Gasteiger partial charge is 0.508 e. The molecule has 0 aliphatic heterocycles. The minimum absolute atomic E-state index is 0.0766. The number of amides is 1. The van der Waals surface area contributed by atoms with Crippen molar-refractivity contribution in [3.8, 4) is 5.75 Å². The predicted molar refractivity (Wildman–Crippen MR) is 60.7 cm³/mol. The van der Waals surface area contributed by atoms with E-state index < -0.39 is 17.8 Å². The number of anilines is 1. The Morgan fingerprint density at radius 3 is 2.59 bits per heavy atom. The van der Waals surface area contributed by atoms with Crippen LogP contribution in [-0.4, -0.2) is 29.1 Å². The van der Waals surface area contributed by atoms with Crippen LogP contribution in [0.2, 0.25) is 0 Å². The molecule has 2 N–H and O–H groups in total. The zero-order chi connectivity index (χ0) is 12.6. The fraction of sp³-hybridized carbons (Fsp3) is 0.333. The number of benzene rings is 1. The Balaban J connectivity index is 2.09. The molecule has 1 aliphatic carbocycles. The first kappa shape index (κ1) is 11.4. The van der Waals surface area contributed by atoms with Crippen LogP contribution in [0.5, 0.6) is 5.75 Å². The first-order valence-corrected chi connectivity index (χ1v) is 5.30. The summed E-state index contributed by atoms with van der Waals surface area (Å²) in [5.41, 5.74) is 0.561. The number of carbonyl (C=O) groups excluding carboxylic acids is 1. The number of hydrogen-bond donors (Lipinski definition) is 2. The third kappa shape index (κ3) is 2.22. The molecular formula is C12H13NO4. The molecule has 1 amide bonds. The van der Waals surface area contributed by atoms with E-state index in [9.17, 15) is 14.7 Å². The number of phenols is 1. The molecule has 2 atom stereocenters. The van der Waals surface area contributed by atoms with Crippen molar-refractivity contribution in [2.75, 3.05) is 11.9 Å². The second-order valence-electron chi connectivity index (χ2n) is 4.20. The molecule has 1 aromatic carbocycles. The molecule has 0 aromatic heterocycles. The third-order valence-electron chi connectivity index (χ3n) is 2.97. The number of phenolic OH excluding ortho intramolecular Hbond substituents is 1. The molecule has 1 aromatic rings. The van der Waals surface area contributed by atoms with E-state index in [1.54, 1.807) is 19.2 Å². The number of carbonyl (C=O) groups is 2. The molecule has 0 heterocycles. The lowest BCUT2D eigenvalue weighted by atomic mass is 10.2. The van der Waals surface area contributed by atoms with Gasteiger partial charge in [0, 0.05) is 18.8 Å². The molecule has 5 nitrogen and oxygen atoms in total. The molecule has 2 rings (SSSR count). The molecular weight excluding hydrogens is 222 g/mol. The lowest BCUT2D eigenvalue weighted by Gasteiger charge is -2.17. The van der Waals surface area contributed by atoms with Gasteiger partial charge in [-0.3, -0.25) is 9.59 Å². The fourth-order valence-corrected chi connectivity index (χ4v) is 1.82. The lowest BCUT2D eigenvalue weighted by molar-refractivity contribution is -0.139. The number of carboxylic acids is 1. The van der Waals surface area contributed by atoms with E-state index in [4.69, 9.17) is 5.11 Å². The molecule has 5 heteroatoms. The summed E-state index contributed by atoms with van der Waals surface area (Å²) in [4.78, 5) is 24.0. The van der Waals surface area contributed by atoms with Gasteiger partial charge in [0.2, 0.25) is 5.91 Å². The molecule has 17 heavy (non-hydrogen) atoms. The highest BCUT2D eigenvalue weighted by molar-refractivity contribution is 5.99. The Bertz CT molecular complexity index is 471. The van der Waals surface area contributed by atoms with Gasteiger partial charge in [0.25, 0.3) is 0 Å². The minimum atomic E-state index is -0.923. The average molecular weight is 235 g/mol. The van der Waals surface area contributed by atoms with Crippen molar-refractivity contribution in [2.45, 2.75) is 6.42 Å². The van der Waals surface area contributed by atoms with Gasteiger partial charge in [0.1, 0.15) is 5.75 Å². The average Bonchev–Trinajstić information content (AvgIpc) is 3.07. The monoisotopic (exact) mass is 235 g/mol. The van der Waals surface area contributed by atoms with Crippen molar-refractivity contribution < 1.29 is 19.8 Å². The Morgan fingerprint density at radius 2 is 2.06 bits per heavy atom. The van der Waals surface area contributed by atoms with Crippen molar-refractivity contribution in [1.82, 2.24) is 0 Å². The summed E-state index contributed by atoms with van der Waals surface area (Å²) in [5, 5.41) is 18.1. The highest BCUT2D eigenvalue weighted by atomic mass is 16.4. The second-order valence-corrected chi connectivity index (χ2v) is 4.20. The van der Waals surface area contributed by atoms with Gasteiger partial charge in [-0.2, -0.15) is 0 Å². The quantitative estimate of drug-likeness (QED) is 0.821. The molecule has 1 fully saturated rings. The van der Waals surface area contributed by atoms with E-state index in [-0.39, 0.29) is 11.7 Å². The maximum absolute atomic E-state index is 11.9. The molecule has 1 aliphatic rings. The highest BCUT2D eigenvalue weighted by Gasteiger charge is 2.49. The third-order valence-corrected chi connectivity index (χ3v) is 2.97. The minimum Gasteiger partial charge on any atom is -0.508 e. The maximum Gasteiger partial charge on any atom is 0.307 e. The summed E-state index contributed by atoms with van der Waals surface area (Å²) in [5.74, 6) is -2.05. The molecule has 0 bridgehead atoms. The maximum atomic E-state index is 11.9. The number of carboxylic acid groups (broad SMARTS) is 1. The first-order chi connectivity index (χ1) is 8.00. The van der Waals surface area contributed by atoms with Crippen LogP contribution in [0.1, 0.15) is 6.42 Å². The molecule has 0 spiro atoms. The summed E-state index contributed by atoms with van der Waals surface area (Å²) >= 11 is 0. The van der Waals surface area contributed by atoms with E-state index >= 15 is 0 Å². The van der Waals surface area contributed by atoms with E-state index in [0.717, 1.165) is 0 Å². The number of aliphatic carboxylic acids is 1. The van der Waals surface area contributed by atoms with Gasteiger partial charge in [-0.1, -0.05) is 6.07 Å². The lowest BCUT2D eigenvalue weighted by Crippen LogP contribution is -2.28. The standard InChI is InChI=1S/C12H13NO4/c1-13(7-3-2-4-8(14)5-7)11(15)9-6-10(9)12(16)17/h2-5,9-10,14H,6H2,1H3,(H,16,17)/t9-,10+/m1/s1. The van der Waals surface area contributed by atoms with Crippen LogP contribution in [-0.2, 0) is 9.59 Å². The molecule has 0 saturated heterocycles. The Kier molecular flexibility index (Phi) is 2.75. The van der Waals surface area contributed by atoms with Gasteiger partial charge >= 0.3 is 5.97 Å². The second kappa shape index (κ2) is 4.08. The Morgan fingerprint density at radius 1 is 1.35 bits per heavy atom. The van der Waals surface area contributed by atoms with Crippen LogP contribution < -0.4 is 4.90 Å². The van der Waals surface area contributed by atoms with Gasteiger partial charge < -0.3 is 15.1 Å². The Labute approximate surface area is 98.3 Å². The van der Waals surface area contributed by atoms with E-state index in [1.807, 2.05) is 0 Å². The number of nitrogens with zero attached hydrogens (tertiary/aromatic N) is 1. The number of aromatic hydroxyl groups is 1. The topological polar surface area (TPSA) is 77.8 Å². The molecule has 1 saturated carbocycles. The van der Waals surface area contributed by atoms with Crippen LogP contribution in [0.3, 0.4) is 0 Å². The zero-order valence-corrected chi connectivity index (χ0v) is 9.33. The van der Waals surface area contributed by atoms with Crippen molar-refractivity contribution >= 4 is 17.6 Å². The number of hydrogen-bond acceptors (Lipinski definition) is 3. The molecule has 0 radical (unpaired) electrons. The van der Waals surface area contributed by atoms with Crippen molar-refractivity contribution in [3.05, 3.63) is 24.3 Å². The SMILES string of the molecule is CN(C(=O)[C@@H]1C[C@@H]1C(=O)O)c1cccc(O)c1. The normalized spacial score (nSPS) is 21.9. The van der Waals surface area contributed by atoms with Gasteiger partial charge in [-0.15, -0.1) is 0 Å². The summed E-state index contributed by atoms with van der Waals surface area (Å²) in [6.45, 7) is 0. The fourth-order valence-electron chi connectivity index (χ4n) is 1.82. The van der Waals surface area contributed by atoms with E-state index in [1.165, 1.54) is 17.0 Å². The summed E-state index contributed by atoms with van der Waals surface area (Å²) in [7, 11) is 1.58. The van der Waals surface area contributed by atoms with Gasteiger partial charge in [0.05, 0.1) is 11.8 Å². The van der Waals surface area contributed by atoms with Gasteiger partial charge in [-0.25, -0.2) is 0 Å².